The maximum absolute atomic E-state index is 12.3. The Morgan fingerprint density at radius 3 is 2.14 bits per heavy atom. The number of aliphatic hydroxyl groups is 4. The van der Waals surface area contributed by atoms with E-state index >= 15 is 0 Å². The molecule has 0 spiro atoms. The molecule has 0 amide bonds. The molecule has 0 unspecified atom stereocenters. The summed E-state index contributed by atoms with van der Waals surface area (Å²) in [5.74, 6) is -0.853. The number of allylic oxidation sites excluding steroid dienone is 1. The Morgan fingerprint density at radius 2 is 1.49 bits per heavy atom. The van der Waals surface area contributed by atoms with Crippen LogP contribution in [0.3, 0.4) is 0 Å². The minimum absolute atomic E-state index is 0.222. The maximum Gasteiger partial charge on any atom is 0.306 e. The molecule has 1 fully saturated rings. The molecule has 0 aromatic carbocycles. The normalized spacial score (nSPS) is 24.4. The Balaban J connectivity index is 2.54. The third kappa shape index (κ3) is 14.2. The van der Waals surface area contributed by atoms with E-state index in [-0.39, 0.29) is 26.1 Å². The van der Waals surface area contributed by atoms with E-state index in [1.165, 1.54) is 0 Å². The molecule has 0 aromatic rings. The highest BCUT2D eigenvalue weighted by Crippen LogP contribution is 2.22. The van der Waals surface area contributed by atoms with Crippen LogP contribution in [0.5, 0.6) is 0 Å². The zero-order chi connectivity index (χ0) is 27.5. The van der Waals surface area contributed by atoms with Gasteiger partial charge in [0.1, 0.15) is 31.0 Å². The fourth-order valence-corrected chi connectivity index (χ4v) is 3.99. The molecule has 1 aliphatic rings. The molecule has 4 N–H and O–H groups in total. The molecule has 0 radical (unpaired) electrons. The van der Waals surface area contributed by atoms with E-state index in [9.17, 15) is 30.0 Å². The van der Waals surface area contributed by atoms with Crippen molar-refractivity contribution in [1.29, 1.82) is 0 Å². The van der Waals surface area contributed by atoms with Crippen molar-refractivity contribution in [3.05, 3.63) is 12.7 Å². The summed E-state index contributed by atoms with van der Waals surface area (Å²) in [4.78, 5) is 24.5. The van der Waals surface area contributed by atoms with Gasteiger partial charge >= 0.3 is 11.9 Å². The molecule has 0 aliphatic carbocycles. The van der Waals surface area contributed by atoms with E-state index in [1.807, 2.05) is 6.08 Å². The van der Waals surface area contributed by atoms with Crippen LogP contribution in [0, 0.1) is 0 Å². The van der Waals surface area contributed by atoms with Crippen molar-refractivity contribution < 1.29 is 49.0 Å². The minimum Gasteiger partial charge on any atom is -0.462 e. The molecular formula is C27H48O10. The van der Waals surface area contributed by atoms with Crippen molar-refractivity contribution in [2.75, 3.05) is 19.8 Å². The fraction of sp³-hybridized carbons (Fsp3) is 0.852. The average Bonchev–Trinajstić information content (AvgIpc) is 2.89. The Bertz CT molecular complexity index is 626. The van der Waals surface area contributed by atoms with Crippen molar-refractivity contribution in [1.82, 2.24) is 0 Å². The number of hydrogen-bond donors (Lipinski definition) is 4. The first-order valence-electron chi connectivity index (χ1n) is 13.7. The van der Waals surface area contributed by atoms with Crippen LogP contribution in [0.2, 0.25) is 0 Å². The van der Waals surface area contributed by atoms with Crippen molar-refractivity contribution in [2.24, 2.45) is 0 Å². The third-order valence-corrected chi connectivity index (χ3v) is 6.30. The van der Waals surface area contributed by atoms with Gasteiger partial charge in [0.2, 0.25) is 0 Å². The zero-order valence-corrected chi connectivity index (χ0v) is 22.3. The largest absolute Gasteiger partial charge is 0.462 e. The minimum atomic E-state index is -1.59. The Morgan fingerprint density at radius 1 is 0.865 bits per heavy atom. The molecule has 1 aliphatic heterocycles. The van der Waals surface area contributed by atoms with Crippen molar-refractivity contribution >= 4 is 11.9 Å². The summed E-state index contributed by atoms with van der Waals surface area (Å²) in [6, 6.07) is 0. The first-order valence-corrected chi connectivity index (χ1v) is 13.7. The van der Waals surface area contributed by atoms with Crippen molar-refractivity contribution in [3.8, 4) is 0 Å². The van der Waals surface area contributed by atoms with Crippen LogP contribution in [0.1, 0.15) is 90.4 Å². The highest BCUT2D eigenvalue weighted by atomic mass is 16.7. The Labute approximate surface area is 220 Å². The number of rotatable bonds is 21. The summed E-state index contributed by atoms with van der Waals surface area (Å²) in [6.45, 7) is 4.72. The maximum atomic E-state index is 12.3. The summed E-state index contributed by atoms with van der Waals surface area (Å²) in [5, 5.41) is 39.4. The molecule has 10 nitrogen and oxygen atoms in total. The summed E-state index contributed by atoms with van der Waals surface area (Å²) in [7, 11) is 0. The number of ether oxygens (including phenoxy) is 4. The summed E-state index contributed by atoms with van der Waals surface area (Å²) in [6.07, 6.45) is 4.93. The zero-order valence-electron chi connectivity index (χ0n) is 22.3. The third-order valence-electron chi connectivity index (χ3n) is 6.30. The molecule has 0 saturated carbocycles. The van der Waals surface area contributed by atoms with E-state index in [1.54, 1.807) is 0 Å². The molecule has 10 heteroatoms. The Hall–Kier alpha value is -1.56. The first-order chi connectivity index (χ1) is 17.8. The lowest BCUT2D eigenvalue weighted by Gasteiger charge is -2.39. The number of carbonyl (C=O) groups excluding carboxylic acids is 2. The van der Waals surface area contributed by atoms with Gasteiger partial charge in [-0.1, -0.05) is 57.9 Å². The van der Waals surface area contributed by atoms with E-state index in [0.717, 1.165) is 57.8 Å². The smallest absolute Gasteiger partial charge is 0.306 e. The number of aliphatic hydroxyl groups excluding tert-OH is 4. The second-order valence-corrected chi connectivity index (χ2v) is 9.58. The van der Waals surface area contributed by atoms with Crippen LogP contribution < -0.4 is 0 Å². The fourth-order valence-electron chi connectivity index (χ4n) is 3.99. The van der Waals surface area contributed by atoms with Crippen LogP contribution in [-0.2, 0) is 28.5 Å². The first kappa shape index (κ1) is 33.5. The molecule has 1 saturated heterocycles. The van der Waals surface area contributed by atoms with Crippen LogP contribution in [-0.4, -0.2) is 89.0 Å². The van der Waals surface area contributed by atoms with Gasteiger partial charge in [-0.3, -0.25) is 9.59 Å². The standard InChI is InChI=1S/C27H48O10/c1-3-5-7-9-10-12-13-15-22(29)34-18-20(36-23(30)16-14-11-8-6-4-2)19-35-27-26(33)25(32)24(31)21(17-28)37-27/h3,20-21,24-28,31-33H,1,4-19H2,2H3/t20-,21-,24+,25+,26-,27-/m1/s1. The second kappa shape index (κ2) is 20.4. The molecular weight excluding hydrogens is 484 g/mol. The monoisotopic (exact) mass is 532 g/mol. The second-order valence-electron chi connectivity index (χ2n) is 9.58. The molecule has 0 aromatic heterocycles. The topological polar surface area (TPSA) is 152 Å². The van der Waals surface area contributed by atoms with Crippen LogP contribution in [0.25, 0.3) is 0 Å². The van der Waals surface area contributed by atoms with E-state index < -0.39 is 55.4 Å². The van der Waals surface area contributed by atoms with Gasteiger partial charge in [-0.2, -0.15) is 0 Å². The van der Waals surface area contributed by atoms with Crippen molar-refractivity contribution in [3.63, 3.8) is 0 Å². The van der Waals surface area contributed by atoms with E-state index in [0.29, 0.717) is 12.8 Å². The summed E-state index contributed by atoms with van der Waals surface area (Å²) >= 11 is 0. The van der Waals surface area contributed by atoms with Crippen molar-refractivity contribution in [2.45, 2.75) is 127 Å². The quantitative estimate of drug-likeness (QED) is 0.0986. The lowest BCUT2D eigenvalue weighted by atomic mass is 9.99. The molecule has 1 heterocycles. The predicted octanol–water partition coefficient (Wildman–Crippen LogP) is 2.54. The summed E-state index contributed by atoms with van der Waals surface area (Å²) in [5.41, 5.74) is 0. The Kier molecular flexibility index (Phi) is 18.5. The van der Waals surface area contributed by atoms with Gasteiger partial charge in [0.15, 0.2) is 12.4 Å². The predicted molar refractivity (Wildman–Crippen MR) is 136 cm³/mol. The highest BCUT2D eigenvalue weighted by Gasteiger charge is 2.44. The van der Waals surface area contributed by atoms with Crippen LogP contribution >= 0.6 is 0 Å². The molecule has 37 heavy (non-hydrogen) atoms. The van der Waals surface area contributed by atoms with E-state index in [2.05, 4.69) is 13.5 Å². The molecule has 0 bridgehead atoms. The van der Waals surface area contributed by atoms with Gasteiger partial charge < -0.3 is 39.4 Å². The SMILES string of the molecule is C=CCCCCCCCC(=O)OC[C@H](CO[C@@H]1O[C@H](CO)[C@H](O)[C@H](O)[C@H]1O)OC(=O)CCCCCCC. The van der Waals surface area contributed by atoms with Crippen LogP contribution in [0.4, 0.5) is 0 Å². The van der Waals surface area contributed by atoms with Gasteiger partial charge in [0, 0.05) is 12.8 Å². The molecule has 6 atom stereocenters. The number of esters is 2. The molecule has 216 valence electrons. The van der Waals surface area contributed by atoms with Gasteiger partial charge in [-0.25, -0.2) is 0 Å². The number of unbranched alkanes of at least 4 members (excludes halogenated alkanes) is 9. The number of carbonyl (C=O) groups is 2. The number of hydrogen-bond acceptors (Lipinski definition) is 10. The average molecular weight is 533 g/mol. The van der Waals surface area contributed by atoms with E-state index in [4.69, 9.17) is 18.9 Å². The van der Waals surface area contributed by atoms with Crippen LogP contribution in [0.15, 0.2) is 12.7 Å². The lowest BCUT2D eigenvalue weighted by Crippen LogP contribution is -2.59. The highest BCUT2D eigenvalue weighted by molar-refractivity contribution is 5.70. The molecule has 1 rings (SSSR count). The summed E-state index contributed by atoms with van der Waals surface area (Å²) < 4.78 is 21.6. The van der Waals surface area contributed by atoms with Gasteiger partial charge in [-0.05, 0) is 25.7 Å². The van der Waals surface area contributed by atoms with Gasteiger partial charge in [0.25, 0.3) is 0 Å². The van der Waals surface area contributed by atoms with Gasteiger partial charge in [0.05, 0.1) is 13.2 Å². The van der Waals surface area contributed by atoms with Gasteiger partial charge in [-0.15, -0.1) is 6.58 Å². The lowest BCUT2D eigenvalue weighted by molar-refractivity contribution is -0.305.